The van der Waals surface area contributed by atoms with Crippen LogP contribution in [0.4, 0.5) is 0 Å². The van der Waals surface area contributed by atoms with Gasteiger partial charge in [0, 0.05) is 24.7 Å². The summed E-state index contributed by atoms with van der Waals surface area (Å²) >= 11 is 0. The minimum atomic E-state index is -0.394. The first-order chi connectivity index (χ1) is 32.1. The molecule has 0 aliphatic rings. The molecule has 0 amide bonds. The lowest BCUT2D eigenvalue weighted by molar-refractivity contribution is 0.116. The van der Waals surface area contributed by atoms with Crippen molar-refractivity contribution in [3.63, 3.8) is 0 Å². The van der Waals surface area contributed by atoms with E-state index in [1.165, 1.54) is 44.8 Å². The number of ether oxygens (including phenoxy) is 6. The normalized spacial score (nSPS) is 10.9. The molecule has 0 atom stereocenters. The topological polar surface area (TPSA) is 85.6 Å². The van der Waals surface area contributed by atoms with Gasteiger partial charge in [-0.25, -0.2) is 0 Å². The molecule has 8 nitrogen and oxygen atoms in total. The average Bonchev–Trinajstić information content (AvgIpc) is 3.35. The van der Waals surface area contributed by atoms with Crippen LogP contribution >= 0.6 is 0 Å². The van der Waals surface area contributed by atoms with E-state index in [1.54, 1.807) is 19.2 Å². The van der Waals surface area contributed by atoms with Crippen molar-refractivity contribution >= 4 is 11.0 Å². The Balaban J connectivity index is 1.10. The molecule has 1 aromatic heterocycles. The summed E-state index contributed by atoms with van der Waals surface area (Å²) in [6.07, 6.45) is 9.88. The van der Waals surface area contributed by atoms with Gasteiger partial charge in [0.05, 0.1) is 20.8 Å². The number of unbranched alkanes of at least 4 members (excludes halogenated alkanes) is 8. The highest BCUT2D eigenvalue weighted by Gasteiger charge is 2.26. The van der Waals surface area contributed by atoms with Crippen LogP contribution in [0.15, 0.2) is 155 Å². The number of fused-ring (bicyclic) bond motifs is 1. The van der Waals surface area contributed by atoms with Crippen molar-refractivity contribution in [2.24, 2.45) is 0 Å². The van der Waals surface area contributed by atoms with E-state index in [9.17, 15) is 4.79 Å². The minimum absolute atomic E-state index is 0.0351. The van der Waals surface area contributed by atoms with Crippen molar-refractivity contribution in [1.82, 2.24) is 0 Å². The smallest absolute Gasteiger partial charge is 0.239 e. The summed E-state index contributed by atoms with van der Waals surface area (Å²) in [5, 5.41) is 0.216. The zero-order chi connectivity index (χ0) is 44.9. The largest absolute Gasteiger partial charge is 0.494 e. The molecule has 0 fully saturated rings. The van der Waals surface area contributed by atoms with Gasteiger partial charge in [0.15, 0.2) is 23.0 Å². The summed E-state index contributed by atoms with van der Waals surface area (Å²) in [7, 11) is 3.12. The summed E-state index contributed by atoms with van der Waals surface area (Å²) in [6.45, 7) is 2.26. The molecule has 7 aromatic rings. The molecular formula is C57H58O8. The highest BCUT2D eigenvalue weighted by atomic mass is 16.5. The molecule has 0 bridgehead atoms. The molecule has 0 unspecified atom stereocenters. The Morgan fingerprint density at radius 2 is 1.02 bits per heavy atom. The fourth-order valence-corrected chi connectivity index (χ4v) is 7.56. The Labute approximate surface area is 383 Å². The van der Waals surface area contributed by atoms with E-state index in [0.717, 1.165) is 42.6 Å². The molecule has 0 radical (unpaired) electrons. The third-order valence-electron chi connectivity index (χ3n) is 11.1. The number of benzene rings is 6. The molecule has 7 rings (SSSR count). The van der Waals surface area contributed by atoms with Crippen LogP contribution < -0.4 is 29.1 Å². The maximum absolute atomic E-state index is 14.9. The van der Waals surface area contributed by atoms with Crippen LogP contribution in [-0.4, -0.2) is 20.8 Å². The maximum atomic E-state index is 14.9. The Morgan fingerprint density at radius 1 is 0.492 bits per heavy atom. The van der Waals surface area contributed by atoms with Crippen molar-refractivity contribution in [3.05, 3.63) is 184 Å². The number of hydrogen-bond acceptors (Lipinski definition) is 8. The summed E-state index contributed by atoms with van der Waals surface area (Å²) in [6, 6.07) is 47.0. The van der Waals surface area contributed by atoms with Gasteiger partial charge in [0.2, 0.25) is 11.2 Å². The fraction of sp³-hybridized carbons (Fsp3) is 0.281. The predicted molar refractivity (Wildman–Crippen MR) is 258 cm³/mol. The van der Waals surface area contributed by atoms with Gasteiger partial charge in [-0.3, -0.25) is 4.79 Å². The van der Waals surface area contributed by atoms with Crippen LogP contribution in [-0.2, 0) is 31.2 Å². The molecule has 1 heterocycles. The Bertz CT molecular complexity index is 2650. The molecule has 0 N–H and O–H groups in total. The van der Waals surface area contributed by atoms with Gasteiger partial charge in [0.25, 0.3) is 0 Å². The Kier molecular flexibility index (Phi) is 17.6. The average molecular weight is 871 g/mol. The molecule has 334 valence electrons. The standard InChI is InChI=1S/C57H58O8/c1-59-51-37-47(34-35-49(51)62-40-44-27-17-12-18-28-44)55-57(64-42-46-31-21-14-22-32-46)54(58)53-52(65-55)38-50(63-41-45-29-19-13-20-30-45)48(56(53)60-2)33-23-9-7-5-3-4-6-8-10-24-36-61-39-43-25-15-11-16-26-43/h11-22,25-32,34-35,37-38H,3-10,24,36,39-42H2,1-2H3. The van der Waals surface area contributed by atoms with Crippen LogP contribution in [0.5, 0.6) is 28.7 Å². The first-order valence-electron chi connectivity index (χ1n) is 22.6. The predicted octanol–water partition coefficient (Wildman–Crippen LogP) is 13.3. The molecular weight excluding hydrogens is 813 g/mol. The number of hydrogen-bond donors (Lipinski definition) is 0. The first kappa shape index (κ1) is 46.1. The molecule has 0 saturated carbocycles. The lowest BCUT2D eigenvalue weighted by atomic mass is 10.0. The second-order valence-corrected chi connectivity index (χ2v) is 15.9. The number of methoxy groups -OCH3 is 2. The van der Waals surface area contributed by atoms with Gasteiger partial charge >= 0.3 is 0 Å². The van der Waals surface area contributed by atoms with Gasteiger partial charge < -0.3 is 32.8 Å². The second kappa shape index (κ2) is 24.8. The minimum Gasteiger partial charge on any atom is -0.494 e. The van der Waals surface area contributed by atoms with Crippen LogP contribution in [0.3, 0.4) is 0 Å². The van der Waals surface area contributed by atoms with Gasteiger partial charge in [-0.15, -0.1) is 0 Å². The monoisotopic (exact) mass is 870 g/mol. The van der Waals surface area contributed by atoms with Crippen LogP contribution in [0, 0.1) is 11.8 Å². The van der Waals surface area contributed by atoms with Crippen molar-refractivity contribution in [1.29, 1.82) is 0 Å². The van der Waals surface area contributed by atoms with E-state index < -0.39 is 5.43 Å². The highest BCUT2D eigenvalue weighted by molar-refractivity contribution is 5.92. The molecule has 0 saturated heterocycles. The quantitative estimate of drug-likeness (QED) is 0.0438. The highest BCUT2D eigenvalue weighted by Crippen LogP contribution is 2.42. The summed E-state index contributed by atoms with van der Waals surface area (Å²) in [5.74, 6) is 8.71. The molecule has 0 aliphatic carbocycles. The van der Waals surface area contributed by atoms with E-state index in [0.29, 0.717) is 48.0 Å². The SMILES string of the molecule is COc1cc(-c2oc3cc(OCc4ccccc4)c(C#CCCCCCCCCCCOCc4ccccc4)c(OC)c3c(=O)c2OCc2ccccc2)ccc1OCc1ccccc1. The lowest BCUT2D eigenvalue weighted by Crippen LogP contribution is -2.12. The second-order valence-electron chi connectivity index (χ2n) is 15.9. The first-order valence-corrected chi connectivity index (χ1v) is 22.6. The summed E-state index contributed by atoms with van der Waals surface area (Å²) in [4.78, 5) is 14.9. The van der Waals surface area contributed by atoms with Crippen molar-refractivity contribution in [2.75, 3.05) is 20.8 Å². The van der Waals surface area contributed by atoms with Crippen molar-refractivity contribution < 1.29 is 32.8 Å². The molecule has 8 heteroatoms. The zero-order valence-corrected chi connectivity index (χ0v) is 37.5. The van der Waals surface area contributed by atoms with E-state index in [2.05, 4.69) is 24.0 Å². The van der Waals surface area contributed by atoms with Gasteiger partial charge in [0.1, 0.15) is 42.1 Å². The summed E-state index contributed by atoms with van der Waals surface area (Å²) < 4.78 is 43.4. The van der Waals surface area contributed by atoms with E-state index in [-0.39, 0.29) is 41.4 Å². The lowest BCUT2D eigenvalue weighted by Gasteiger charge is -2.17. The van der Waals surface area contributed by atoms with E-state index >= 15 is 0 Å². The third kappa shape index (κ3) is 13.3. The third-order valence-corrected chi connectivity index (χ3v) is 11.1. The van der Waals surface area contributed by atoms with Gasteiger partial charge in [-0.05, 0) is 53.3 Å². The van der Waals surface area contributed by atoms with Crippen LogP contribution in [0.2, 0.25) is 0 Å². The van der Waals surface area contributed by atoms with Gasteiger partial charge in [-0.1, -0.05) is 172 Å². The Morgan fingerprint density at radius 3 is 1.58 bits per heavy atom. The van der Waals surface area contributed by atoms with Crippen LogP contribution in [0.25, 0.3) is 22.3 Å². The molecule has 65 heavy (non-hydrogen) atoms. The maximum Gasteiger partial charge on any atom is 0.239 e. The van der Waals surface area contributed by atoms with Crippen molar-refractivity contribution in [2.45, 2.75) is 84.2 Å². The Hall–Kier alpha value is -6.95. The molecule has 6 aromatic carbocycles. The summed E-state index contributed by atoms with van der Waals surface area (Å²) in [5.41, 5.74) is 5.04. The van der Waals surface area contributed by atoms with Crippen LogP contribution in [0.1, 0.15) is 85.6 Å². The van der Waals surface area contributed by atoms with E-state index in [1.807, 2.05) is 121 Å². The molecule has 0 aliphatic heterocycles. The van der Waals surface area contributed by atoms with E-state index in [4.69, 9.17) is 32.8 Å². The van der Waals surface area contributed by atoms with Crippen molar-refractivity contribution in [3.8, 4) is 51.9 Å². The molecule has 0 spiro atoms. The number of rotatable bonds is 24. The fourth-order valence-electron chi connectivity index (χ4n) is 7.56. The van der Waals surface area contributed by atoms with Gasteiger partial charge in [-0.2, -0.15) is 0 Å². The zero-order valence-electron chi connectivity index (χ0n) is 37.5.